The van der Waals surface area contributed by atoms with E-state index in [2.05, 4.69) is 15.3 Å². The topological polar surface area (TPSA) is 80.9 Å². The van der Waals surface area contributed by atoms with Crippen molar-refractivity contribution in [2.24, 2.45) is 5.73 Å². The number of amides is 1. The first-order chi connectivity index (χ1) is 7.16. The summed E-state index contributed by atoms with van der Waals surface area (Å²) in [7, 11) is 0. The average Bonchev–Trinajstić information content (AvgIpc) is 2.25. The highest BCUT2D eigenvalue weighted by Gasteiger charge is 2.14. The van der Waals surface area contributed by atoms with Gasteiger partial charge in [-0.3, -0.25) is 4.79 Å². The van der Waals surface area contributed by atoms with Gasteiger partial charge in [0.1, 0.15) is 6.33 Å². The van der Waals surface area contributed by atoms with E-state index in [4.69, 9.17) is 5.73 Å². The van der Waals surface area contributed by atoms with Gasteiger partial charge < -0.3 is 11.1 Å². The first-order valence-corrected chi connectivity index (χ1v) is 4.95. The Morgan fingerprint density at radius 2 is 2.33 bits per heavy atom. The van der Waals surface area contributed by atoms with Crippen LogP contribution in [0.15, 0.2) is 12.5 Å². The molecule has 0 bridgehead atoms. The number of hydrogen-bond acceptors (Lipinski definition) is 4. The summed E-state index contributed by atoms with van der Waals surface area (Å²) in [4.78, 5) is 19.6. The zero-order valence-electron chi connectivity index (χ0n) is 9.03. The molecule has 1 aromatic rings. The number of carbonyl (C=O) groups excluding carboxylic acids is 1. The molecule has 0 aromatic carbocycles. The largest absolute Gasteiger partial charge is 0.351 e. The lowest BCUT2D eigenvalue weighted by Crippen LogP contribution is -2.30. The van der Waals surface area contributed by atoms with E-state index in [1.165, 1.54) is 12.5 Å². The fourth-order valence-corrected chi connectivity index (χ4v) is 1.26. The van der Waals surface area contributed by atoms with E-state index in [9.17, 15) is 4.79 Å². The maximum Gasteiger partial charge on any atom is 0.254 e. The van der Waals surface area contributed by atoms with E-state index < -0.39 is 0 Å². The third-order valence-electron chi connectivity index (χ3n) is 1.96. The van der Waals surface area contributed by atoms with Crippen LogP contribution in [0.3, 0.4) is 0 Å². The molecule has 0 saturated heterocycles. The van der Waals surface area contributed by atoms with Crippen LogP contribution in [-0.2, 0) is 0 Å². The summed E-state index contributed by atoms with van der Waals surface area (Å²) in [6, 6.07) is 0. The first-order valence-electron chi connectivity index (χ1n) is 4.95. The van der Waals surface area contributed by atoms with Crippen LogP contribution < -0.4 is 11.1 Å². The molecule has 1 heterocycles. The fourth-order valence-electron chi connectivity index (χ4n) is 1.26. The number of hydrogen-bond donors (Lipinski definition) is 2. The van der Waals surface area contributed by atoms with E-state index in [-0.39, 0.29) is 11.8 Å². The van der Waals surface area contributed by atoms with Crippen LogP contribution in [0.2, 0.25) is 0 Å². The molecule has 1 rings (SSSR count). The Hall–Kier alpha value is -1.49. The van der Waals surface area contributed by atoms with E-state index >= 15 is 0 Å². The van der Waals surface area contributed by atoms with Crippen molar-refractivity contribution in [3.05, 3.63) is 23.8 Å². The fraction of sp³-hybridized carbons (Fsp3) is 0.500. The number of carbonyl (C=O) groups is 1. The molecule has 3 N–H and O–H groups in total. The van der Waals surface area contributed by atoms with Gasteiger partial charge in [0.2, 0.25) is 0 Å². The molecule has 1 aromatic heterocycles. The lowest BCUT2D eigenvalue weighted by Gasteiger charge is -2.10. The van der Waals surface area contributed by atoms with Crippen molar-refractivity contribution in [3.63, 3.8) is 0 Å². The van der Waals surface area contributed by atoms with Crippen molar-refractivity contribution in [2.75, 3.05) is 13.1 Å². The zero-order chi connectivity index (χ0) is 11.3. The summed E-state index contributed by atoms with van der Waals surface area (Å²) in [6.07, 6.45) is 2.99. The second kappa shape index (κ2) is 5.41. The van der Waals surface area contributed by atoms with E-state index in [0.29, 0.717) is 18.7 Å². The highest BCUT2D eigenvalue weighted by Crippen LogP contribution is 2.14. The van der Waals surface area contributed by atoms with Gasteiger partial charge in [-0.2, -0.15) is 0 Å². The van der Waals surface area contributed by atoms with Gasteiger partial charge >= 0.3 is 0 Å². The molecule has 0 spiro atoms. The predicted octanol–water partition coefficient (Wildman–Crippen LogP) is 0.288. The van der Waals surface area contributed by atoms with Crippen molar-refractivity contribution in [1.29, 1.82) is 0 Å². The molecule has 0 unspecified atom stereocenters. The van der Waals surface area contributed by atoms with E-state index in [1.54, 1.807) is 0 Å². The van der Waals surface area contributed by atoms with Crippen LogP contribution in [0.1, 0.15) is 35.8 Å². The highest BCUT2D eigenvalue weighted by atomic mass is 16.1. The average molecular weight is 208 g/mol. The molecular formula is C10H16N4O. The number of rotatable bonds is 4. The van der Waals surface area contributed by atoms with Gasteiger partial charge in [0, 0.05) is 19.3 Å². The van der Waals surface area contributed by atoms with Gasteiger partial charge in [0.15, 0.2) is 0 Å². The second-order valence-corrected chi connectivity index (χ2v) is 3.52. The number of nitrogens with one attached hydrogen (secondary N) is 1. The third-order valence-corrected chi connectivity index (χ3v) is 1.96. The van der Waals surface area contributed by atoms with Crippen LogP contribution >= 0.6 is 0 Å². The molecule has 0 fully saturated rings. The minimum absolute atomic E-state index is 0.162. The number of aromatic nitrogens is 2. The summed E-state index contributed by atoms with van der Waals surface area (Å²) in [5.74, 6) is 0.0383. The molecular weight excluding hydrogens is 192 g/mol. The van der Waals surface area contributed by atoms with Gasteiger partial charge in [-0.25, -0.2) is 9.97 Å². The van der Waals surface area contributed by atoms with Crippen LogP contribution in [0.4, 0.5) is 0 Å². The molecule has 5 nitrogen and oxygen atoms in total. The SMILES string of the molecule is CC(C)c1ncncc1C(=O)NCCN. The molecule has 0 radical (unpaired) electrons. The van der Waals surface area contributed by atoms with Gasteiger partial charge in [-0.05, 0) is 5.92 Å². The highest BCUT2D eigenvalue weighted by molar-refractivity contribution is 5.95. The molecule has 0 aliphatic heterocycles. The molecule has 0 saturated carbocycles. The Morgan fingerprint density at radius 1 is 1.60 bits per heavy atom. The summed E-state index contributed by atoms with van der Waals surface area (Å²) < 4.78 is 0. The first kappa shape index (κ1) is 11.6. The van der Waals surface area contributed by atoms with Gasteiger partial charge in [-0.15, -0.1) is 0 Å². The summed E-state index contributed by atoms with van der Waals surface area (Å²) >= 11 is 0. The predicted molar refractivity (Wildman–Crippen MR) is 57.5 cm³/mol. The summed E-state index contributed by atoms with van der Waals surface area (Å²) in [6.45, 7) is 4.87. The quantitative estimate of drug-likeness (QED) is 0.745. The molecule has 82 valence electrons. The lowest BCUT2D eigenvalue weighted by molar-refractivity contribution is 0.0952. The van der Waals surface area contributed by atoms with Crippen molar-refractivity contribution >= 4 is 5.91 Å². The molecule has 5 heteroatoms. The van der Waals surface area contributed by atoms with Crippen molar-refractivity contribution < 1.29 is 4.79 Å². The molecule has 15 heavy (non-hydrogen) atoms. The Bertz CT molecular complexity index is 338. The van der Waals surface area contributed by atoms with Crippen LogP contribution in [0.25, 0.3) is 0 Å². The Morgan fingerprint density at radius 3 is 2.93 bits per heavy atom. The molecule has 0 aliphatic carbocycles. The van der Waals surface area contributed by atoms with Gasteiger partial charge in [0.25, 0.3) is 5.91 Å². The minimum atomic E-state index is -0.162. The Balaban J connectivity index is 2.87. The van der Waals surface area contributed by atoms with Crippen LogP contribution in [0, 0.1) is 0 Å². The Kier molecular flexibility index (Phi) is 4.17. The molecule has 1 amide bonds. The molecule has 0 aliphatic rings. The van der Waals surface area contributed by atoms with Crippen LogP contribution in [-0.4, -0.2) is 29.0 Å². The van der Waals surface area contributed by atoms with Crippen molar-refractivity contribution in [2.45, 2.75) is 19.8 Å². The van der Waals surface area contributed by atoms with Crippen LogP contribution in [0.5, 0.6) is 0 Å². The van der Waals surface area contributed by atoms with Crippen molar-refractivity contribution in [1.82, 2.24) is 15.3 Å². The number of nitrogens with two attached hydrogens (primary N) is 1. The monoisotopic (exact) mass is 208 g/mol. The van der Waals surface area contributed by atoms with Gasteiger partial charge in [-0.1, -0.05) is 13.8 Å². The second-order valence-electron chi connectivity index (χ2n) is 3.52. The maximum absolute atomic E-state index is 11.7. The third kappa shape index (κ3) is 2.99. The summed E-state index contributed by atoms with van der Waals surface area (Å²) in [5.41, 5.74) is 6.60. The Labute approximate surface area is 89.1 Å². The lowest BCUT2D eigenvalue weighted by atomic mass is 10.0. The van der Waals surface area contributed by atoms with Crippen molar-refractivity contribution in [3.8, 4) is 0 Å². The zero-order valence-corrected chi connectivity index (χ0v) is 9.03. The minimum Gasteiger partial charge on any atom is -0.351 e. The van der Waals surface area contributed by atoms with Gasteiger partial charge in [0.05, 0.1) is 11.3 Å². The molecule has 0 atom stereocenters. The maximum atomic E-state index is 11.7. The number of nitrogens with zero attached hydrogens (tertiary/aromatic N) is 2. The standard InChI is InChI=1S/C10H16N4O/c1-7(2)9-8(5-12-6-14-9)10(15)13-4-3-11/h5-7H,3-4,11H2,1-2H3,(H,13,15). The summed E-state index contributed by atoms with van der Waals surface area (Å²) in [5, 5.41) is 2.70. The van der Waals surface area contributed by atoms with E-state index in [1.807, 2.05) is 13.8 Å². The van der Waals surface area contributed by atoms with E-state index in [0.717, 1.165) is 5.69 Å². The smallest absolute Gasteiger partial charge is 0.254 e. The normalized spacial score (nSPS) is 10.4.